The Morgan fingerprint density at radius 2 is 1.77 bits per heavy atom. The molecular weight excluding hydrogens is 450 g/mol. The monoisotopic (exact) mass is 479 g/mol. The molecule has 0 radical (unpaired) electrons. The molecule has 0 bridgehead atoms. The number of para-hydroxylation sites is 1. The Hall–Kier alpha value is -3.88. The molecular formula is C26H29N3O6. The largest absolute Gasteiger partial charge is 0.497 e. The zero-order chi connectivity index (χ0) is 25.3. The summed E-state index contributed by atoms with van der Waals surface area (Å²) in [7, 11) is 1.53. The molecule has 0 aliphatic carbocycles. The van der Waals surface area contributed by atoms with Gasteiger partial charge in [-0.15, -0.1) is 0 Å². The van der Waals surface area contributed by atoms with E-state index in [0.29, 0.717) is 29.8 Å². The second-order valence-corrected chi connectivity index (χ2v) is 9.21. The van der Waals surface area contributed by atoms with E-state index in [1.165, 1.54) is 12.0 Å². The van der Waals surface area contributed by atoms with Gasteiger partial charge in [-0.1, -0.05) is 32.0 Å². The van der Waals surface area contributed by atoms with E-state index >= 15 is 0 Å². The number of methoxy groups -OCH3 is 1. The van der Waals surface area contributed by atoms with Crippen molar-refractivity contribution in [2.24, 2.45) is 5.92 Å². The molecule has 2 aromatic rings. The quantitative estimate of drug-likeness (QED) is 0.557. The van der Waals surface area contributed by atoms with Crippen molar-refractivity contribution in [1.29, 1.82) is 0 Å². The highest BCUT2D eigenvalue weighted by Crippen LogP contribution is 2.39. The molecule has 4 rings (SSSR count). The summed E-state index contributed by atoms with van der Waals surface area (Å²) < 4.78 is 5.11. The maximum atomic E-state index is 13.5. The molecule has 3 N–H and O–H groups in total. The third kappa shape index (κ3) is 4.71. The SMILES string of the molecule is COc1ccc(C(=O)N[C@H](C(=O)N[C@H]2CCc3cccc4c3N(C2=O)[C@H](C(=O)O)C4)C(C)C)cc1. The summed E-state index contributed by atoms with van der Waals surface area (Å²) in [6.45, 7) is 3.60. The number of hydrogen-bond acceptors (Lipinski definition) is 5. The van der Waals surface area contributed by atoms with E-state index < -0.39 is 41.8 Å². The first-order valence-corrected chi connectivity index (χ1v) is 11.6. The van der Waals surface area contributed by atoms with E-state index in [9.17, 15) is 24.3 Å². The summed E-state index contributed by atoms with van der Waals surface area (Å²) in [5.74, 6) is -2.08. The number of nitrogens with zero attached hydrogens (tertiary/aromatic N) is 1. The molecule has 9 heteroatoms. The number of carbonyl (C=O) groups excluding carboxylic acids is 3. The second-order valence-electron chi connectivity index (χ2n) is 9.21. The molecule has 3 amide bonds. The van der Waals surface area contributed by atoms with Crippen molar-refractivity contribution in [3.8, 4) is 5.75 Å². The Bertz CT molecular complexity index is 1160. The van der Waals surface area contributed by atoms with Crippen LogP contribution in [0.4, 0.5) is 5.69 Å². The maximum absolute atomic E-state index is 13.5. The summed E-state index contributed by atoms with van der Waals surface area (Å²) in [5.41, 5.74) is 2.74. The van der Waals surface area contributed by atoms with Crippen LogP contribution in [-0.2, 0) is 27.2 Å². The minimum absolute atomic E-state index is 0.234. The van der Waals surface area contributed by atoms with Gasteiger partial charge in [-0.25, -0.2) is 4.79 Å². The Morgan fingerprint density at radius 1 is 1.09 bits per heavy atom. The number of carbonyl (C=O) groups is 4. The number of anilines is 1. The number of amides is 3. The number of nitrogens with one attached hydrogen (secondary N) is 2. The molecule has 2 aliphatic rings. The highest BCUT2D eigenvalue weighted by molar-refractivity contribution is 6.07. The normalized spacial score (nSPS) is 19.5. The van der Waals surface area contributed by atoms with Gasteiger partial charge in [0.1, 0.15) is 23.9 Å². The first kappa shape index (κ1) is 24.3. The van der Waals surface area contributed by atoms with E-state index in [4.69, 9.17) is 4.74 Å². The van der Waals surface area contributed by atoms with Crippen LogP contribution in [0.15, 0.2) is 42.5 Å². The lowest BCUT2D eigenvalue weighted by atomic mass is 9.99. The van der Waals surface area contributed by atoms with Crippen LogP contribution in [0, 0.1) is 5.92 Å². The molecule has 0 unspecified atom stereocenters. The molecule has 0 saturated carbocycles. The number of aliphatic carboxylic acids is 1. The summed E-state index contributed by atoms with van der Waals surface area (Å²) in [6, 6.07) is 9.32. The minimum Gasteiger partial charge on any atom is -0.497 e. The average Bonchev–Trinajstić information content (AvgIpc) is 3.18. The number of ether oxygens (including phenoxy) is 1. The molecule has 0 spiro atoms. The predicted molar refractivity (Wildman–Crippen MR) is 128 cm³/mol. The smallest absolute Gasteiger partial charge is 0.327 e. The molecule has 0 saturated heterocycles. The topological polar surface area (TPSA) is 125 Å². The highest BCUT2D eigenvalue weighted by atomic mass is 16.5. The fourth-order valence-electron chi connectivity index (χ4n) is 4.73. The lowest BCUT2D eigenvalue weighted by molar-refractivity contribution is -0.140. The third-order valence-corrected chi connectivity index (χ3v) is 6.60. The van der Waals surface area contributed by atoms with Crippen LogP contribution < -0.4 is 20.3 Å². The zero-order valence-electron chi connectivity index (χ0n) is 19.9. The van der Waals surface area contributed by atoms with Gasteiger partial charge in [0.05, 0.1) is 12.8 Å². The summed E-state index contributed by atoms with van der Waals surface area (Å²) in [4.78, 5) is 52.7. The number of rotatable bonds is 7. The molecule has 2 heterocycles. The van der Waals surface area contributed by atoms with Gasteiger partial charge in [0.2, 0.25) is 11.8 Å². The fourth-order valence-corrected chi connectivity index (χ4v) is 4.73. The van der Waals surface area contributed by atoms with Crippen LogP contribution >= 0.6 is 0 Å². The Balaban J connectivity index is 1.52. The molecule has 184 valence electrons. The summed E-state index contributed by atoms with van der Waals surface area (Å²) in [5, 5.41) is 15.3. The van der Waals surface area contributed by atoms with Gasteiger partial charge >= 0.3 is 5.97 Å². The number of benzene rings is 2. The minimum atomic E-state index is -1.08. The lowest BCUT2D eigenvalue weighted by Gasteiger charge is -2.28. The summed E-state index contributed by atoms with van der Waals surface area (Å²) >= 11 is 0. The van der Waals surface area contributed by atoms with E-state index in [2.05, 4.69) is 10.6 Å². The van der Waals surface area contributed by atoms with Crippen LogP contribution in [0.1, 0.15) is 41.8 Å². The van der Waals surface area contributed by atoms with Crippen molar-refractivity contribution in [3.63, 3.8) is 0 Å². The number of aryl methyl sites for hydroxylation is 1. The molecule has 2 aliphatic heterocycles. The third-order valence-electron chi connectivity index (χ3n) is 6.60. The van der Waals surface area contributed by atoms with E-state index in [1.807, 2.05) is 18.2 Å². The Labute approximate surface area is 203 Å². The van der Waals surface area contributed by atoms with Crippen molar-refractivity contribution >= 4 is 29.4 Å². The van der Waals surface area contributed by atoms with Gasteiger partial charge in [0, 0.05) is 12.0 Å². The molecule has 0 fully saturated rings. The molecule has 2 aromatic carbocycles. The first-order valence-electron chi connectivity index (χ1n) is 11.6. The maximum Gasteiger partial charge on any atom is 0.327 e. The predicted octanol–water partition coefficient (Wildman–Crippen LogP) is 1.92. The van der Waals surface area contributed by atoms with Gasteiger partial charge in [-0.3, -0.25) is 19.3 Å². The Morgan fingerprint density at radius 3 is 2.40 bits per heavy atom. The summed E-state index contributed by atoms with van der Waals surface area (Å²) in [6.07, 6.45) is 1.09. The van der Waals surface area contributed by atoms with E-state index in [0.717, 1.165) is 11.1 Å². The average molecular weight is 480 g/mol. The fraction of sp³-hybridized carbons (Fsp3) is 0.385. The molecule has 35 heavy (non-hydrogen) atoms. The van der Waals surface area contributed by atoms with E-state index in [-0.39, 0.29) is 12.3 Å². The first-order chi connectivity index (χ1) is 16.7. The highest BCUT2D eigenvalue weighted by Gasteiger charge is 2.44. The van der Waals surface area contributed by atoms with Crippen molar-refractivity contribution in [3.05, 3.63) is 59.2 Å². The van der Waals surface area contributed by atoms with E-state index in [1.54, 1.807) is 38.1 Å². The molecule has 0 aromatic heterocycles. The standard InChI is InChI=1S/C26H29N3O6/c1-14(2)21(28-23(30)16-7-10-18(35-3)11-8-16)24(31)27-19-12-9-15-5-4-6-17-13-20(26(33)34)29(22(15)17)25(19)32/h4-8,10-11,14,19-21H,9,12-13H2,1-3H3,(H,27,31)(H,28,30)(H,33,34)/t19-,20-,21-/m0/s1. The van der Waals surface area contributed by atoms with Crippen molar-refractivity contribution < 1.29 is 29.0 Å². The van der Waals surface area contributed by atoms with Crippen LogP contribution in [0.5, 0.6) is 5.75 Å². The van der Waals surface area contributed by atoms with Crippen LogP contribution in [0.25, 0.3) is 0 Å². The molecule has 3 atom stereocenters. The van der Waals surface area contributed by atoms with Gasteiger partial charge in [0.15, 0.2) is 0 Å². The number of carboxylic acid groups (broad SMARTS) is 1. The zero-order valence-corrected chi connectivity index (χ0v) is 19.9. The van der Waals surface area contributed by atoms with Gasteiger partial charge in [-0.05, 0) is 54.2 Å². The van der Waals surface area contributed by atoms with Gasteiger partial charge in [-0.2, -0.15) is 0 Å². The lowest BCUT2D eigenvalue weighted by Crippen LogP contribution is -2.57. The van der Waals surface area contributed by atoms with Gasteiger partial charge < -0.3 is 20.5 Å². The van der Waals surface area contributed by atoms with Crippen molar-refractivity contribution in [2.45, 2.75) is 51.2 Å². The number of carboxylic acids is 1. The van der Waals surface area contributed by atoms with Gasteiger partial charge in [0.25, 0.3) is 5.91 Å². The van der Waals surface area contributed by atoms with Crippen LogP contribution in [0.3, 0.4) is 0 Å². The Kier molecular flexibility index (Phi) is 6.77. The van der Waals surface area contributed by atoms with Crippen molar-refractivity contribution in [1.82, 2.24) is 10.6 Å². The second kappa shape index (κ2) is 9.77. The van der Waals surface area contributed by atoms with Crippen molar-refractivity contribution in [2.75, 3.05) is 12.0 Å². The number of hydrogen-bond donors (Lipinski definition) is 3. The van der Waals surface area contributed by atoms with Crippen LogP contribution in [0.2, 0.25) is 0 Å². The molecule has 9 nitrogen and oxygen atoms in total. The van der Waals surface area contributed by atoms with Crippen LogP contribution in [-0.4, -0.2) is 54.0 Å².